The molecule has 1 aromatic carbocycles. The Morgan fingerprint density at radius 3 is 2.12 bits per heavy atom. The maximum atomic E-state index is 10.5. The van der Waals surface area contributed by atoms with Crippen LogP contribution >= 0.6 is 11.6 Å². The van der Waals surface area contributed by atoms with Crippen LogP contribution in [0.25, 0.3) is 0 Å². The van der Waals surface area contributed by atoms with Crippen molar-refractivity contribution in [3.8, 4) is 0 Å². The van der Waals surface area contributed by atoms with E-state index in [0.717, 1.165) is 5.56 Å². The summed E-state index contributed by atoms with van der Waals surface area (Å²) in [7, 11) is 0. The molecule has 0 aliphatic carbocycles. The topological polar surface area (TPSA) is 46.2 Å². The van der Waals surface area contributed by atoms with Gasteiger partial charge in [0.25, 0.3) is 0 Å². The number of hydrogen-bond donors (Lipinski definition) is 2. The molecule has 0 fully saturated rings. The molecule has 0 bridgehead atoms. The monoisotopic (exact) mass is 241 g/mol. The van der Waals surface area contributed by atoms with Crippen molar-refractivity contribution >= 4 is 11.6 Å². The molecule has 0 aliphatic heterocycles. The zero-order valence-electron chi connectivity index (χ0n) is 10.1. The summed E-state index contributed by atoms with van der Waals surface area (Å²) in [5.74, 6) is 0. The van der Waals surface area contributed by atoms with E-state index in [0.29, 0.717) is 18.0 Å². The smallest absolute Gasteiger partial charge is 0.0722 e. The number of rotatable bonds is 4. The van der Waals surface area contributed by atoms with E-state index in [1.165, 1.54) is 0 Å². The molecule has 1 aromatic rings. The average Bonchev–Trinajstić information content (AvgIpc) is 2.21. The molecule has 2 nitrogen and oxygen atoms in total. The van der Waals surface area contributed by atoms with Crippen molar-refractivity contribution in [1.82, 2.24) is 0 Å². The summed E-state index contributed by atoms with van der Waals surface area (Å²) in [5.41, 5.74) is 5.62. The Bertz CT molecular complexity index is 343. The van der Waals surface area contributed by atoms with Crippen LogP contribution in [0.3, 0.4) is 0 Å². The minimum Gasteiger partial charge on any atom is -0.389 e. The second-order valence-corrected chi connectivity index (χ2v) is 5.60. The fourth-order valence-corrected chi connectivity index (χ4v) is 1.58. The molecule has 90 valence electrons. The molecule has 1 atom stereocenters. The Kier molecular flexibility index (Phi) is 4.00. The van der Waals surface area contributed by atoms with Crippen LogP contribution in [0.2, 0.25) is 5.02 Å². The van der Waals surface area contributed by atoms with Gasteiger partial charge in [-0.2, -0.15) is 0 Å². The highest BCUT2D eigenvalue weighted by molar-refractivity contribution is 6.30. The van der Waals surface area contributed by atoms with Gasteiger partial charge in [-0.3, -0.25) is 0 Å². The number of benzene rings is 1. The average molecular weight is 242 g/mol. The maximum Gasteiger partial charge on any atom is 0.0722 e. The molecule has 0 aromatic heterocycles. The fourth-order valence-electron chi connectivity index (χ4n) is 1.46. The molecule has 0 aliphatic rings. The highest BCUT2D eigenvalue weighted by Crippen LogP contribution is 2.32. The second-order valence-electron chi connectivity index (χ2n) is 5.17. The lowest BCUT2D eigenvalue weighted by atomic mass is 9.73. The van der Waals surface area contributed by atoms with Crippen LogP contribution in [0, 0.1) is 5.41 Å². The largest absolute Gasteiger partial charge is 0.389 e. The van der Waals surface area contributed by atoms with Gasteiger partial charge in [-0.25, -0.2) is 0 Å². The van der Waals surface area contributed by atoms with Gasteiger partial charge < -0.3 is 10.8 Å². The molecule has 0 saturated carbocycles. The van der Waals surface area contributed by atoms with Crippen LogP contribution in [-0.2, 0) is 6.42 Å². The highest BCUT2D eigenvalue weighted by Gasteiger charge is 2.38. The molecule has 1 unspecified atom stereocenters. The van der Waals surface area contributed by atoms with E-state index in [-0.39, 0.29) is 5.41 Å². The van der Waals surface area contributed by atoms with Crippen molar-refractivity contribution in [2.75, 3.05) is 6.54 Å². The zero-order chi connectivity index (χ0) is 12.4. The van der Waals surface area contributed by atoms with Gasteiger partial charge in [-0.15, -0.1) is 0 Å². The highest BCUT2D eigenvalue weighted by atomic mass is 35.5. The van der Waals surface area contributed by atoms with E-state index in [4.69, 9.17) is 17.3 Å². The Morgan fingerprint density at radius 2 is 1.69 bits per heavy atom. The van der Waals surface area contributed by atoms with Crippen molar-refractivity contribution < 1.29 is 5.11 Å². The molecule has 0 heterocycles. The zero-order valence-corrected chi connectivity index (χ0v) is 10.9. The minimum absolute atomic E-state index is 0.313. The summed E-state index contributed by atoms with van der Waals surface area (Å²) >= 11 is 5.82. The number of halogens is 1. The molecule has 0 spiro atoms. The van der Waals surface area contributed by atoms with E-state index < -0.39 is 5.60 Å². The summed E-state index contributed by atoms with van der Waals surface area (Å²) in [6.45, 7) is 6.23. The molecule has 0 radical (unpaired) electrons. The van der Waals surface area contributed by atoms with Crippen molar-refractivity contribution in [3.63, 3.8) is 0 Å². The van der Waals surface area contributed by atoms with Gasteiger partial charge in [0.2, 0.25) is 0 Å². The first-order chi connectivity index (χ1) is 7.28. The van der Waals surface area contributed by atoms with Crippen LogP contribution in [0.4, 0.5) is 0 Å². The standard InChI is InChI=1S/C13H20ClNO/c1-12(2,9-15)13(3,16)8-10-4-6-11(14)7-5-10/h4-7,16H,8-9,15H2,1-3H3. The lowest BCUT2D eigenvalue weighted by Crippen LogP contribution is -2.48. The van der Waals surface area contributed by atoms with Gasteiger partial charge in [0.1, 0.15) is 0 Å². The van der Waals surface area contributed by atoms with E-state index in [1.807, 2.05) is 45.0 Å². The molecule has 16 heavy (non-hydrogen) atoms. The number of hydrogen-bond acceptors (Lipinski definition) is 2. The first-order valence-electron chi connectivity index (χ1n) is 5.45. The maximum absolute atomic E-state index is 10.5. The predicted molar refractivity (Wildman–Crippen MR) is 68.6 cm³/mol. The molecule has 3 heteroatoms. The van der Waals surface area contributed by atoms with Crippen LogP contribution in [0.15, 0.2) is 24.3 Å². The SMILES string of the molecule is CC(C)(CN)C(C)(O)Cc1ccc(Cl)cc1. The summed E-state index contributed by atoms with van der Waals surface area (Å²) in [5, 5.41) is 11.2. The molecular weight excluding hydrogens is 222 g/mol. The molecule has 3 N–H and O–H groups in total. The van der Waals surface area contributed by atoms with E-state index in [2.05, 4.69) is 0 Å². The Morgan fingerprint density at radius 1 is 1.19 bits per heavy atom. The number of aliphatic hydroxyl groups is 1. The van der Waals surface area contributed by atoms with E-state index in [9.17, 15) is 5.11 Å². The van der Waals surface area contributed by atoms with Crippen molar-refractivity contribution in [2.24, 2.45) is 11.1 Å². The third-order valence-corrected chi connectivity index (χ3v) is 3.68. The van der Waals surface area contributed by atoms with Crippen molar-refractivity contribution in [3.05, 3.63) is 34.9 Å². The van der Waals surface area contributed by atoms with Crippen LogP contribution < -0.4 is 5.73 Å². The van der Waals surface area contributed by atoms with Gasteiger partial charge in [0.05, 0.1) is 5.60 Å². The van der Waals surface area contributed by atoms with Crippen molar-refractivity contribution in [2.45, 2.75) is 32.8 Å². The van der Waals surface area contributed by atoms with Gasteiger partial charge >= 0.3 is 0 Å². The summed E-state index contributed by atoms with van der Waals surface area (Å²) in [4.78, 5) is 0. The van der Waals surface area contributed by atoms with Gasteiger partial charge in [0.15, 0.2) is 0 Å². The Hall–Kier alpha value is -0.570. The molecule has 0 amide bonds. The Labute approximate surface area is 102 Å². The summed E-state index contributed by atoms with van der Waals surface area (Å²) in [6, 6.07) is 7.54. The minimum atomic E-state index is -0.824. The summed E-state index contributed by atoms with van der Waals surface area (Å²) in [6.07, 6.45) is 0.578. The van der Waals surface area contributed by atoms with Gasteiger partial charge in [-0.05, 0) is 24.6 Å². The normalized spacial score (nSPS) is 15.9. The first kappa shape index (κ1) is 13.5. The third-order valence-electron chi connectivity index (χ3n) is 3.43. The molecule has 1 rings (SSSR count). The lowest BCUT2D eigenvalue weighted by Gasteiger charge is -2.39. The molecular formula is C13H20ClNO. The van der Waals surface area contributed by atoms with Crippen LogP contribution in [0.1, 0.15) is 26.3 Å². The Balaban J connectivity index is 2.84. The van der Waals surface area contributed by atoms with Gasteiger partial charge in [0, 0.05) is 23.4 Å². The first-order valence-corrected chi connectivity index (χ1v) is 5.83. The molecule has 0 saturated heterocycles. The third kappa shape index (κ3) is 2.97. The van der Waals surface area contributed by atoms with Crippen LogP contribution in [0.5, 0.6) is 0 Å². The van der Waals surface area contributed by atoms with E-state index in [1.54, 1.807) is 0 Å². The van der Waals surface area contributed by atoms with Crippen molar-refractivity contribution in [1.29, 1.82) is 0 Å². The number of nitrogens with two attached hydrogens (primary N) is 1. The quantitative estimate of drug-likeness (QED) is 0.851. The lowest BCUT2D eigenvalue weighted by molar-refractivity contribution is -0.0456. The predicted octanol–water partition coefficient (Wildman–Crippen LogP) is 2.62. The van der Waals surface area contributed by atoms with E-state index >= 15 is 0 Å². The summed E-state index contributed by atoms with van der Waals surface area (Å²) < 4.78 is 0. The van der Waals surface area contributed by atoms with Gasteiger partial charge in [-0.1, -0.05) is 37.6 Å². The van der Waals surface area contributed by atoms with Crippen LogP contribution in [-0.4, -0.2) is 17.3 Å². The second kappa shape index (κ2) is 4.74. The fraction of sp³-hybridized carbons (Fsp3) is 0.538.